The quantitative estimate of drug-likeness (QED) is 0.945. The molecule has 3 heterocycles. The molecule has 1 saturated heterocycles. The van der Waals surface area contributed by atoms with Crippen LogP contribution in [0.5, 0.6) is 5.88 Å². The van der Waals surface area contributed by atoms with Gasteiger partial charge >= 0.3 is 6.03 Å². The van der Waals surface area contributed by atoms with Crippen molar-refractivity contribution in [1.29, 1.82) is 0 Å². The van der Waals surface area contributed by atoms with Crippen LogP contribution in [0.3, 0.4) is 0 Å². The van der Waals surface area contributed by atoms with Gasteiger partial charge in [-0.05, 0) is 43.3 Å². The highest BCUT2D eigenvalue weighted by Gasteiger charge is 2.25. The van der Waals surface area contributed by atoms with Gasteiger partial charge in [-0.25, -0.2) is 4.79 Å². The second-order valence-electron chi connectivity index (χ2n) is 5.25. The van der Waals surface area contributed by atoms with Crippen molar-refractivity contribution in [3.63, 3.8) is 0 Å². The Morgan fingerprint density at radius 3 is 3.05 bits per heavy atom. The van der Waals surface area contributed by atoms with E-state index in [1.807, 2.05) is 36.6 Å². The van der Waals surface area contributed by atoms with Gasteiger partial charge in [0.15, 0.2) is 0 Å². The average Bonchev–Trinajstić information content (AvgIpc) is 3.03. The van der Waals surface area contributed by atoms with Crippen molar-refractivity contribution < 1.29 is 9.53 Å². The zero-order valence-corrected chi connectivity index (χ0v) is 13.2. The molecule has 2 aromatic rings. The van der Waals surface area contributed by atoms with Crippen molar-refractivity contribution in [2.24, 2.45) is 0 Å². The van der Waals surface area contributed by atoms with Crippen LogP contribution >= 0.6 is 11.3 Å². The smallest absolute Gasteiger partial charge is 0.322 e. The number of carbonyl (C=O) groups excluding carboxylic acids is 1. The Hall–Kier alpha value is -2.15. The summed E-state index contributed by atoms with van der Waals surface area (Å²) in [6, 6.07) is 7.41. The predicted octanol–water partition coefficient (Wildman–Crippen LogP) is 2.92. The van der Waals surface area contributed by atoms with Gasteiger partial charge in [0.05, 0.1) is 17.2 Å². The van der Waals surface area contributed by atoms with Crippen LogP contribution in [0.25, 0.3) is 0 Å². The number of likely N-dealkylation sites (tertiary alicyclic amines) is 1. The summed E-state index contributed by atoms with van der Waals surface area (Å²) in [5, 5.41) is 13.7. The highest BCUT2D eigenvalue weighted by Crippen LogP contribution is 2.19. The molecule has 1 aliphatic heterocycles. The maximum atomic E-state index is 12.2. The van der Waals surface area contributed by atoms with Crippen molar-refractivity contribution in [2.45, 2.75) is 25.9 Å². The molecule has 2 amide bonds. The van der Waals surface area contributed by atoms with Crippen LogP contribution < -0.4 is 10.1 Å². The summed E-state index contributed by atoms with van der Waals surface area (Å²) < 4.78 is 5.83. The van der Waals surface area contributed by atoms with Gasteiger partial charge in [0, 0.05) is 12.6 Å². The molecule has 0 spiro atoms. The van der Waals surface area contributed by atoms with Gasteiger partial charge in [-0.2, -0.15) is 5.10 Å². The van der Waals surface area contributed by atoms with E-state index in [4.69, 9.17) is 4.74 Å². The first-order valence-corrected chi connectivity index (χ1v) is 8.15. The van der Waals surface area contributed by atoms with E-state index in [9.17, 15) is 4.79 Å². The Balaban J connectivity index is 1.56. The normalized spacial score (nSPS) is 18.0. The summed E-state index contributed by atoms with van der Waals surface area (Å²) in [7, 11) is 0. The van der Waals surface area contributed by atoms with E-state index in [0.717, 1.165) is 30.1 Å². The molecule has 22 heavy (non-hydrogen) atoms. The van der Waals surface area contributed by atoms with Crippen LogP contribution in [-0.4, -0.2) is 40.3 Å². The molecule has 0 aromatic carbocycles. The van der Waals surface area contributed by atoms with E-state index in [-0.39, 0.29) is 12.1 Å². The fraction of sp³-hybridized carbons (Fsp3) is 0.400. The third-order valence-electron chi connectivity index (χ3n) is 3.48. The Labute approximate surface area is 133 Å². The van der Waals surface area contributed by atoms with Gasteiger partial charge in [-0.1, -0.05) is 0 Å². The number of ether oxygens (including phenoxy) is 1. The number of rotatable bonds is 3. The van der Waals surface area contributed by atoms with Gasteiger partial charge in [-0.3, -0.25) is 5.32 Å². The van der Waals surface area contributed by atoms with E-state index in [1.165, 1.54) is 11.3 Å². The van der Waals surface area contributed by atoms with Crippen molar-refractivity contribution in [1.82, 2.24) is 15.1 Å². The van der Waals surface area contributed by atoms with Crippen LogP contribution in [-0.2, 0) is 0 Å². The fourth-order valence-electron chi connectivity index (χ4n) is 2.37. The molecule has 1 atom stereocenters. The van der Waals surface area contributed by atoms with Crippen molar-refractivity contribution >= 4 is 22.4 Å². The first-order valence-electron chi connectivity index (χ1n) is 7.27. The maximum absolute atomic E-state index is 12.2. The lowest BCUT2D eigenvalue weighted by Gasteiger charge is -2.32. The number of aromatic nitrogens is 2. The lowest BCUT2D eigenvalue weighted by atomic mass is 10.1. The third-order valence-corrected chi connectivity index (χ3v) is 4.26. The molecule has 2 aromatic heterocycles. The van der Waals surface area contributed by atoms with Crippen LogP contribution in [0, 0.1) is 6.92 Å². The lowest BCUT2D eigenvalue weighted by molar-refractivity contribution is 0.102. The molecular formula is C15H18N4O2S. The number of hydrogen-bond donors (Lipinski definition) is 1. The number of thiophene rings is 1. The Bertz CT molecular complexity index is 615. The van der Waals surface area contributed by atoms with Crippen LogP contribution in [0.2, 0.25) is 0 Å². The van der Waals surface area contributed by atoms with E-state index in [1.54, 1.807) is 4.90 Å². The molecule has 0 bridgehead atoms. The SMILES string of the molecule is Cc1ccc(O[C@@H]2CCCN(C(=O)Nc3cccs3)C2)nn1. The molecular weight excluding hydrogens is 300 g/mol. The number of aryl methyl sites for hydroxylation is 1. The number of hydrogen-bond acceptors (Lipinski definition) is 5. The summed E-state index contributed by atoms with van der Waals surface area (Å²) in [4.78, 5) is 14.0. The number of anilines is 1. The van der Waals surface area contributed by atoms with Gasteiger partial charge in [0.2, 0.25) is 5.88 Å². The summed E-state index contributed by atoms with van der Waals surface area (Å²) in [5.41, 5.74) is 0.855. The van der Waals surface area contributed by atoms with Gasteiger partial charge < -0.3 is 9.64 Å². The predicted molar refractivity (Wildman–Crippen MR) is 85.3 cm³/mol. The second-order valence-corrected chi connectivity index (χ2v) is 6.20. The van der Waals surface area contributed by atoms with Crippen molar-refractivity contribution in [2.75, 3.05) is 18.4 Å². The minimum Gasteiger partial charge on any atom is -0.471 e. The third kappa shape index (κ3) is 3.73. The number of nitrogens with zero attached hydrogens (tertiary/aromatic N) is 3. The van der Waals surface area contributed by atoms with Gasteiger partial charge in [0.1, 0.15) is 6.10 Å². The standard InChI is InChI=1S/C15H18N4O2S/c1-11-6-7-13(18-17-11)21-12-4-2-8-19(10-12)15(20)16-14-5-3-9-22-14/h3,5-7,9,12H,2,4,8,10H2,1H3,(H,16,20)/t12-/m1/s1. The van der Waals surface area contributed by atoms with Crippen LogP contribution in [0.4, 0.5) is 9.80 Å². The Kier molecular flexibility index (Phi) is 4.53. The molecule has 1 fully saturated rings. The monoisotopic (exact) mass is 318 g/mol. The van der Waals surface area contributed by atoms with E-state index in [2.05, 4.69) is 15.5 Å². The zero-order chi connectivity index (χ0) is 15.4. The molecule has 6 nitrogen and oxygen atoms in total. The Morgan fingerprint density at radius 2 is 2.32 bits per heavy atom. The van der Waals surface area contributed by atoms with Crippen LogP contribution in [0.1, 0.15) is 18.5 Å². The highest BCUT2D eigenvalue weighted by atomic mass is 32.1. The zero-order valence-electron chi connectivity index (χ0n) is 12.4. The number of nitrogens with one attached hydrogen (secondary N) is 1. The fourth-order valence-corrected chi connectivity index (χ4v) is 2.98. The molecule has 1 N–H and O–H groups in total. The second kappa shape index (κ2) is 6.74. The van der Waals surface area contributed by atoms with E-state index in [0.29, 0.717) is 12.4 Å². The lowest BCUT2D eigenvalue weighted by Crippen LogP contribution is -2.46. The number of urea groups is 1. The van der Waals surface area contributed by atoms with Gasteiger partial charge in [-0.15, -0.1) is 16.4 Å². The molecule has 1 aliphatic rings. The first-order chi connectivity index (χ1) is 10.7. The molecule has 0 aliphatic carbocycles. The van der Waals surface area contributed by atoms with Crippen molar-refractivity contribution in [3.8, 4) is 5.88 Å². The number of piperidine rings is 1. The molecule has 116 valence electrons. The topological polar surface area (TPSA) is 67.3 Å². The summed E-state index contributed by atoms with van der Waals surface area (Å²) in [5.74, 6) is 0.510. The maximum Gasteiger partial charge on any atom is 0.322 e. The first kappa shape index (κ1) is 14.8. The molecule has 7 heteroatoms. The van der Waals surface area contributed by atoms with Gasteiger partial charge in [0.25, 0.3) is 0 Å². The van der Waals surface area contributed by atoms with Crippen molar-refractivity contribution in [3.05, 3.63) is 35.3 Å². The van der Waals surface area contributed by atoms with Crippen LogP contribution in [0.15, 0.2) is 29.6 Å². The number of carbonyl (C=O) groups is 1. The van der Waals surface area contributed by atoms with E-state index < -0.39 is 0 Å². The summed E-state index contributed by atoms with van der Waals surface area (Å²) in [6.45, 7) is 3.19. The molecule has 0 saturated carbocycles. The summed E-state index contributed by atoms with van der Waals surface area (Å²) in [6.07, 6.45) is 1.79. The van der Waals surface area contributed by atoms with E-state index >= 15 is 0 Å². The highest BCUT2D eigenvalue weighted by molar-refractivity contribution is 7.14. The minimum absolute atomic E-state index is 0.0418. The largest absolute Gasteiger partial charge is 0.471 e. The number of amides is 2. The average molecular weight is 318 g/mol. The summed E-state index contributed by atoms with van der Waals surface area (Å²) >= 11 is 1.51. The molecule has 0 unspecified atom stereocenters. The Morgan fingerprint density at radius 1 is 1.41 bits per heavy atom. The minimum atomic E-state index is -0.0780. The molecule has 0 radical (unpaired) electrons. The molecule has 3 rings (SSSR count).